The minimum Gasteiger partial charge on any atom is -0.313 e. The highest BCUT2D eigenvalue weighted by Crippen LogP contribution is 2.00. The summed E-state index contributed by atoms with van der Waals surface area (Å²) in [5.74, 6) is -0.0573. The number of hydrogen-bond acceptors (Lipinski definition) is 1. The maximum atomic E-state index is 11.1. The Hall–Kier alpha value is -1.05. The standard InChI is InChI=1S/C9H15NO/c1-5-7-10(8(3)4)9(11)6-2/h5-8H,2H2,1,3-4H3/b7-5-. The normalized spacial score (nSPS) is 10.5. The van der Waals surface area contributed by atoms with Crippen LogP contribution in [0, 0.1) is 0 Å². The Bertz CT molecular complexity index is 170. The van der Waals surface area contributed by atoms with Gasteiger partial charge in [0.2, 0.25) is 5.91 Å². The molecule has 0 N–H and O–H groups in total. The summed E-state index contributed by atoms with van der Waals surface area (Å²) in [6.07, 6.45) is 4.91. The summed E-state index contributed by atoms with van der Waals surface area (Å²) in [5.41, 5.74) is 0. The van der Waals surface area contributed by atoms with Crippen LogP contribution in [0.4, 0.5) is 0 Å². The van der Waals surface area contributed by atoms with Crippen molar-refractivity contribution in [3.63, 3.8) is 0 Å². The van der Waals surface area contributed by atoms with Crippen molar-refractivity contribution in [1.29, 1.82) is 0 Å². The van der Waals surface area contributed by atoms with Crippen LogP contribution in [0.25, 0.3) is 0 Å². The fourth-order valence-corrected chi connectivity index (χ4v) is 0.766. The number of rotatable bonds is 3. The molecule has 0 unspecified atom stereocenters. The van der Waals surface area contributed by atoms with Crippen LogP contribution in [0.2, 0.25) is 0 Å². The summed E-state index contributed by atoms with van der Waals surface area (Å²) in [4.78, 5) is 12.7. The number of carbonyl (C=O) groups excluding carboxylic acids is 1. The zero-order chi connectivity index (χ0) is 8.85. The van der Waals surface area contributed by atoms with Gasteiger partial charge in [-0.1, -0.05) is 12.7 Å². The lowest BCUT2D eigenvalue weighted by Crippen LogP contribution is -2.30. The van der Waals surface area contributed by atoms with Crippen molar-refractivity contribution in [2.75, 3.05) is 0 Å². The third kappa shape index (κ3) is 3.03. The molecule has 0 aromatic heterocycles. The third-order valence-electron chi connectivity index (χ3n) is 1.30. The lowest BCUT2D eigenvalue weighted by Gasteiger charge is -2.20. The molecule has 62 valence electrons. The first-order valence-electron chi connectivity index (χ1n) is 3.71. The predicted octanol–water partition coefficient (Wildman–Crippen LogP) is 1.94. The molecule has 2 nitrogen and oxygen atoms in total. The van der Waals surface area contributed by atoms with E-state index in [1.165, 1.54) is 6.08 Å². The van der Waals surface area contributed by atoms with E-state index in [0.29, 0.717) is 0 Å². The van der Waals surface area contributed by atoms with Gasteiger partial charge < -0.3 is 4.90 Å². The van der Waals surface area contributed by atoms with Crippen LogP contribution in [-0.2, 0) is 4.79 Å². The van der Waals surface area contributed by atoms with E-state index in [4.69, 9.17) is 0 Å². The van der Waals surface area contributed by atoms with E-state index >= 15 is 0 Å². The lowest BCUT2D eigenvalue weighted by molar-refractivity contribution is -0.124. The summed E-state index contributed by atoms with van der Waals surface area (Å²) < 4.78 is 0. The van der Waals surface area contributed by atoms with Crippen molar-refractivity contribution in [2.45, 2.75) is 26.8 Å². The van der Waals surface area contributed by atoms with Gasteiger partial charge in [0, 0.05) is 12.2 Å². The van der Waals surface area contributed by atoms with Gasteiger partial charge in [-0.2, -0.15) is 0 Å². The average Bonchev–Trinajstić information content (AvgIpc) is 1.98. The van der Waals surface area contributed by atoms with E-state index < -0.39 is 0 Å². The van der Waals surface area contributed by atoms with E-state index in [1.807, 2.05) is 26.8 Å². The first-order chi connectivity index (χ1) is 5.13. The zero-order valence-corrected chi connectivity index (χ0v) is 7.37. The number of allylic oxidation sites excluding steroid dienone is 1. The molecule has 0 aliphatic rings. The Morgan fingerprint density at radius 3 is 2.36 bits per heavy atom. The fourth-order valence-electron chi connectivity index (χ4n) is 0.766. The zero-order valence-electron chi connectivity index (χ0n) is 7.37. The summed E-state index contributed by atoms with van der Waals surface area (Å²) in [5, 5.41) is 0. The number of amides is 1. The first-order valence-corrected chi connectivity index (χ1v) is 3.71. The topological polar surface area (TPSA) is 20.3 Å². The van der Waals surface area contributed by atoms with Crippen LogP contribution >= 0.6 is 0 Å². The Kier molecular flexibility index (Phi) is 4.27. The Morgan fingerprint density at radius 1 is 1.55 bits per heavy atom. The monoisotopic (exact) mass is 153 g/mol. The van der Waals surface area contributed by atoms with Gasteiger partial charge in [-0.05, 0) is 26.8 Å². The smallest absolute Gasteiger partial charge is 0.250 e. The van der Waals surface area contributed by atoms with Crippen LogP contribution < -0.4 is 0 Å². The van der Waals surface area contributed by atoms with Gasteiger partial charge in [-0.25, -0.2) is 0 Å². The molecular weight excluding hydrogens is 138 g/mol. The molecule has 0 heterocycles. The van der Waals surface area contributed by atoms with Crippen molar-refractivity contribution in [3.05, 3.63) is 24.9 Å². The van der Waals surface area contributed by atoms with Gasteiger partial charge in [0.1, 0.15) is 0 Å². The molecule has 0 saturated heterocycles. The lowest BCUT2D eigenvalue weighted by atomic mass is 10.3. The Balaban J connectivity index is 4.33. The molecule has 0 aromatic carbocycles. The highest BCUT2D eigenvalue weighted by molar-refractivity contribution is 5.87. The molecule has 0 aromatic rings. The van der Waals surface area contributed by atoms with Gasteiger partial charge in [0.25, 0.3) is 0 Å². The molecule has 2 heteroatoms. The molecule has 0 saturated carbocycles. The Morgan fingerprint density at radius 2 is 2.09 bits per heavy atom. The van der Waals surface area contributed by atoms with Gasteiger partial charge in [-0.15, -0.1) is 0 Å². The van der Waals surface area contributed by atoms with Crippen molar-refractivity contribution in [2.24, 2.45) is 0 Å². The molecule has 0 aliphatic carbocycles. The van der Waals surface area contributed by atoms with Gasteiger partial charge >= 0.3 is 0 Å². The van der Waals surface area contributed by atoms with Crippen LogP contribution in [0.3, 0.4) is 0 Å². The van der Waals surface area contributed by atoms with Crippen molar-refractivity contribution >= 4 is 5.91 Å². The summed E-state index contributed by atoms with van der Waals surface area (Å²) in [6, 6.07) is 0.191. The second-order valence-electron chi connectivity index (χ2n) is 2.53. The minimum absolute atomic E-state index is 0.0573. The van der Waals surface area contributed by atoms with E-state index in [9.17, 15) is 4.79 Å². The van der Waals surface area contributed by atoms with Crippen molar-refractivity contribution in [1.82, 2.24) is 4.90 Å². The highest BCUT2D eigenvalue weighted by Gasteiger charge is 2.08. The molecule has 0 aliphatic heterocycles. The molecule has 0 bridgehead atoms. The van der Waals surface area contributed by atoms with Gasteiger partial charge in [0.05, 0.1) is 0 Å². The fraction of sp³-hybridized carbons (Fsp3) is 0.444. The van der Waals surface area contributed by atoms with Crippen LogP contribution in [0.1, 0.15) is 20.8 Å². The minimum atomic E-state index is -0.0573. The molecule has 0 atom stereocenters. The van der Waals surface area contributed by atoms with E-state index in [1.54, 1.807) is 11.1 Å². The van der Waals surface area contributed by atoms with E-state index in [-0.39, 0.29) is 11.9 Å². The van der Waals surface area contributed by atoms with Crippen LogP contribution in [-0.4, -0.2) is 16.8 Å². The molecule has 0 fully saturated rings. The number of hydrogen-bond donors (Lipinski definition) is 0. The van der Waals surface area contributed by atoms with Crippen LogP contribution in [0.15, 0.2) is 24.9 Å². The van der Waals surface area contributed by atoms with Crippen LogP contribution in [0.5, 0.6) is 0 Å². The maximum Gasteiger partial charge on any atom is 0.250 e. The number of nitrogens with zero attached hydrogens (tertiary/aromatic N) is 1. The highest BCUT2D eigenvalue weighted by atomic mass is 16.2. The largest absolute Gasteiger partial charge is 0.313 e. The van der Waals surface area contributed by atoms with Crippen molar-refractivity contribution < 1.29 is 4.79 Å². The summed E-state index contributed by atoms with van der Waals surface area (Å²) in [7, 11) is 0. The first kappa shape index (κ1) is 9.95. The second-order valence-corrected chi connectivity index (χ2v) is 2.53. The molecule has 0 rings (SSSR count). The Labute approximate surface area is 68.2 Å². The average molecular weight is 153 g/mol. The summed E-state index contributed by atoms with van der Waals surface area (Å²) in [6.45, 7) is 9.22. The quantitative estimate of drug-likeness (QED) is 0.567. The molecule has 1 amide bonds. The van der Waals surface area contributed by atoms with E-state index in [0.717, 1.165) is 0 Å². The summed E-state index contributed by atoms with van der Waals surface area (Å²) >= 11 is 0. The maximum absolute atomic E-state index is 11.1. The predicted molar refractivity (Wildman–Crippen MR) is 47.0 cm³/mol. The number of carbonyl (C=O) groups is 1. The molecule has 11 heavy (non-hydrogen) atoms. The van der Waals surface area contributed by atoms with Gasteiger partial charge in [-0.3, -0.25) is 4.79 Å². The van der Waals surface area contributed by atoms with Gasteiger partial charge in [0.15, 0.2) is 0 Å². The SMILES string of the molecule is C=CC(=O)N(/C=C\C)C(C)C. The van der Waals surface area contributed by atoms with Crippen molar-refractivity contribution in [3.8, 4) is 0 Å². The second kappa shape index (κ2) is 4.72. The molecular formula is C9H15NO. The third-order valence-corrected chi connectivity index (χ3v) is 1.30. The van der Waals surface area contributed by atoms with E-state index in [2.05, 4.69) is 6.58 Å². The molecule has 0 spiro atoms. The molecule has 0 radical (unpaired) electrons.